The molecule has 0 aliphatic rings. The summed E-state index contributed by atoms with van der Waals surface area (Å²) in [5, 5.41) is 0. The second-order valence-electron chi connectivity index (χ2n) is 3.17. The first kappa shape index (κ1) is 10.9. The van der Waals surface area contributed by atoms with E-state index in [1.807, 2.05) is 0 Å². The van der Waals surface area contributed by atoms with Crippen LogP contribution in [0.5, 0.6) is 0 Å². The summed E-state index contributed by atoms with van der Waals surface area (Å²) in [5.41, 5.74) is 0. The third-order valence-corrected chi connectivity index (χ3v) is 2.03. The van der Waals surface area contributed by atoms with E-state index in [0.717, 1.165) is 25.9 Å². The number of imidazole rings is 1. The van der Waals surface area contributed by atoms with Gasteiger partial charge in [0.1, 0.15) is 6.33 Å². The van der Waals surface area contributed by atoms with Gasteiger partial charge in [0.05, 0.1) is 0 Å². The van der Waals surface area contributed by atoms with Crippen molar-refractivity contribution in [3.63, 3.8) is 0 Å². The van der Waals surface area contributed by atoms with E-state index in [-0.39, 0.29) is 5.91 Å². The molecule has 78 valence electrons. The smallest absolute Gasteiger partial charge is 0.231 e. The quantitative estimate of drug-likeness (QED) is 0.651. The number of ether oxygens (including phenoxy) is 1. The fourth-order valence-corrected chi connectivity index (χ4v) is 1.24. The van der Waals surface area contributed by atoms with Crippen LogP contribution >= 0.6 is 0 Å². The maximum absolute atomic E-state index is 11.4. The van der Waals surface area contributed by atoms with Gasteiger partial charge in [-0.05, 0) is 12.8 Å². The summed E-state index contributed by atoms with van der Waals surface area (Å²) in [4.78, 5) is 15.3. The van der Waals surface area contributed by atoms with E-state index < -0.39 is 0 Å². The van der Waals surface area contributed by atoms with Gasteiger partial charge in [-0.2, -0.15) is 0 Å². The first-order valence-corrected chi connectivity index (χ1v) is 4.84. The maximum atomic E-state index is 11.4. The zero-order valence-electron chi connectivity index (χ0n) is 8.48. The minimum Gasteiger partial charge on any atom is -0.385 e. The van der Waals surface area contributed by atoms with Crippen LogP contribution in [0.4, 0.5) is 0 Å². The number of rotatable bonds is 6. The first-order valence-electron chi connectivity index (χ1n) is 4.84. The molecule has 0 amide bonds. The molecular weight excluding hydrogens is 180 g/mol. The number of carbonyl (C=O) groups excluding carboxylic acids is 1. The van der Waals surface area contributed by atoms with Gasteiger partial charge in [0.25, 0.3) is 0 Å². The molecule has 0 saturated carbocycles. The molecule has 1 rings (SSSR count). The van der Waals surface area contributed by atoms with Gasteiger partial charge in [0, 0.05) is 32.5 Å². The molecule has 0 aliphatic carbocycles. The van der Waals surface area contributed by atoms with Crippen molar-refractivity contribution in [3.05, 3.63) is 18.7 Å². The molecule has 0 bridgehead atoms. The molecule has 4 nitrogen and oxygen atoms in total. The number of unbranched alkanes of at least 4 members (excludes halogenated alkanes) is 2. The zero-order chi connectivity index (χ0) is 10.2. The summed E-state index contributed by atoms with van der Waals surface area (Å²) in [6.45, 7) is 0.777. The third-order valence-electron chi connectivity index (χ3n) is 2.03. The van der Waals surface area contributed by atoms with Crippen molar-refractivity contribution in [1.82, 2.24) is 9.55 Å². The molecule has 0 saturated heterocycles. The summed E-state index contributed by atoms with van der Waals surface area (Å²) in [6, 6.07) is 0. The third kappa shape index (κ3) is 3.70. The Labute approximate surface area is 83.9 Å². The summed E-state index contributed by atoms with van der Waals surface area (Å²) in [5.74, 6) is 0.111. The number of hydrogen-bond acceptors (Lipinski definition) is 3. The van der Waals surface area contributed by atoms with Crippen molar-refractivity contribution < 1.29 is 9.53 Å². The number of nitrogens with zero attached hydrogens (tertiary/aromatic N) is 2. The minimum absolute atomic E-state index is 0.111. The Morgan fingerprint density at radius 1 is 1.43 bits per heavy atom. The molecular formula is C10H16N2O2. The van der Waals surface area contributed by atoms with Crippen LogP contribution in [0.1, 0.15) is 30.5 Å². The number of aromatic nitrogens is 2. The summed E-state index contributed by atoms with van der Waals surface area (Å²) in [7, 11) is 1.69. The topological polar surface area (TPSA) is 44.1 Å². The standard InChI is InChI=1S/C10H16N2O2/c1-14-8-4-2-3-5-10(13)12-7-6-11-9-12/h6-7,9H,2-5,8H2,1H3. The summed E-state index contributed by atoms with van der Waals surface area (Å²) >= 11 is 0. The SMILES string of the molecule is COCCCCCC(=O)n1ccnc1. The molecule has 0 radical (unpaired) electrons. The molecule has 0 N–H and O–H groups in total. The van der Waals surface area contributed by atoms with E-state index in [1.165, 1.54) is 10.9 Å². The van der Waals surface area contributed by atoms with Gasteiger partial charge >= 0.3 is 0 Å². The zero-order valence-corrected chi connectivity index (χ0v) is 8.48. The Bertz CT molecular complexity index is 257. The maximum Gasteiger partial charge on any atom is 0.231 e. The summed E-state index contributed by atoms with van der Waals surface area (Å²) in [6.07, 6.45) is 8.39. The lowest BCUT2D eigenvalue weighted by Gasteiger charge is -2.01. The fraction of sp³-hybridized carbons (Fsp3) is 0.600. The lowest BCUT2D eigenvalue weighted by Crippen LogP contribution is -2.07. The van der Waals surface area contributed by atoms with Crippen LogP contribution in [-0.4, -0.2) is 29.2 Å². The molecule has 0 spiro atoms. The predicted molar refractivity (Wildman–Crippen MR) is 53.2 cm³/mol. The van der Waals surface area contributed by atoms with Crippen molar-refractivity contribution in [3.8, 4) is 0 Å². The van der Waals surface area contributed by atoms with Crippen molar-refractivity contribution in [2.24, 2.45) is 0 Å². The molecule has 0 aliphatic heterocycles. The van der Waals surface area contributed by atoms with Gasteiger partial charge in [-0.1, -0.05) is 6.42 Å². The van der Waals surface area contributed by atoms with Gasteiger partial charge in [0.15, 0.2) is 0 Å². The Hall–Kier alpha value is -1.16. The Morgan fingerprint density at radius 2 is 2.29 bits per heavy atom. The molecule has 0 fully saturated rings. The van der Waals surface area contributed by atoms with E-state index in [1.54, 1.807) is 19.5 Å². The number of hydrogen-bond donors (Lipinski definition) is 0. The second-order valence-corrected chi connectivity index (χ2v) is 3.17. The van der Waals surface area contributed by atoms with Gasteiger partial charge < -0.3 is 4.74 Å². The van der Waals surface area contributed by atoms with E-state index in [2.05, 4.69) is 4.98 Å². The van der Waals surface area contributed by atoms with E-state index in [9.17, 15) is 4.79 Å². The second kappa shape index (κ2) is 6.32. The highest BCUT2D eigenvalue weighted by Crippen LogP contribution is 2.02. The van der Waals surface area contributed by atoms with Crippen LogP contribution in [0.3, 0.4) is 0 Å². The average molecular weight is 196 g/mol. The Balaban J connectivity index is 2.10. The van der Waals surface area contributed by atoms with Crippen LogP contribution in [0.15, 0.2) is 18.7 Å². The highest BCUT2D eigenvalue weighted by atomic mass is 16.5. The molecule has 0 unspecified atom stereocenters. The molecule has 0 aromatic carbocycles. The fourth-order valence-electron chi connectivity index (χ4n) is 1.24. The van der Waals surface area contributed by atoms with Crippen LogP contribution in [0.2, 0.25) is 0 Å². The monoisotopic (exact) mass is 196 g/mol. The first-order chi connectivity index (χ1) is 6.84. The number of methoxy groups -OCH3 is 1. The van der Waals surface area contributed by atoms with E-state index in [0.29, 0.717) is 6.42 Å². The van der Waals surface area contributed by atoms with Gasteiger partial charge in [-0.25, -0.2) is 4.98 Å². The van der Waals surface area contributed by atoms with Crippen molar-refractivity contribution in [2.45, 2.75) is 25.7 Å². The minimum atomic E-state index is 0.111. The average Bonchev–Trinajstić information content (AvgIpc) is 2.70. The lowest BCUT2D eigenvalue weighted by atomic mass is 10.2. The van der Waals surface area contributed by atoms with Gasteiger partial charge in [-0.15, -0.1) is 0 Å². The Kier molecular flexibility index (Phi) is 4.93. The highest BCUT2D eigenvalue weighted by molar-refractivity contribution is 5.78. The largest absolute Gasteiger partial charge is 0.385 e. The van der Waals surface area contributed by atoms with Crippen LogP contribution in [0, 0.1) is 0 Å². The highest BCUT2D eigenvalue weighted by Gasteiger charge is 2.02. The molecule has 0 atom stereocenters. The van der Waals surface area contributed by atoms with Gasteiger partial charge in [-0.3, -0.25) is 9.36 Å². The lowest BCUT2D eigenvalue weighted by molar-refractivity contribution is 0.0897. The predicted octanol–water partition coefficient (Wildman–Crippen LogP) is 1.73. The summed E-state index contributed by atoms with van der Waals surface area (Å²) < 4.78 is 6.45. The van der Waals surface area contributed by atoms with Crippen LogP contribution < -0.4 is 0 Å². The molecule has 1 heterocycles. The van der Waals surface area contributed by atoms with E-state index in [4.69, 9.17) is 4.74 Å². The molecule has 1 aromatic heterocycles. The molecule has 14 heavy (non-hydrogen) atoms. The Morgan fingerprint density at radius 3 is 2.93 bits per heavy atom. The van der Waals surface area contributed by atoms with E-state index >= 15 is 0 Å². The molecule has 1 aromatic rings. The van der Waals surface area contributed by atoms with Crippen LogP contribution in [0.25, 0.3) is 0 Å². The van der Waals surface area contributed by atoms with Crippen molar-refractivity contribution >= 4 is 5.91 Å². The molecule has 4 heteroatoms. The van der Waals surface area contributed by atoms with Crippen molar-refractivity contribution in [1.29, 1.82) is 0 Å². The number of carbonyl (C=O) groups is 1. The van der Waals surface area contributed by atoms with Gasteiger partial charge in [0.2, 0.25) is 5.91 Å². The van der Waals surface area contributed by atoms with Crippen LogP contribution in [-0.2, 0) is 4.74 Å². The van der Waals surface area contributed by atoms with Crippen molar-refractivity contribution in [2.75, 3.05) is 13.7 Å². The normalized spacial score (nSPS) is 10.4.